The number of rotatable bonds is 2. The molecule has 4 nitrogen and oxygen atoms in total. The van der Waals surface area contributed by atoms with Crippen LogP contribution in [0.15, 0.2) is 11.4 Å². The van der Waals surface area contributed by atoms with Crippen LogP contribution in [0.4, 0.5) is 0 Å². The number of alkyl halides is 1. The Labute approximate surface area is 80.5 Å². The molecule has 0 saturated heterocycles. The second-order valence-electron chi connectivity index (χ2n) is 2.51. The van der Waals surface area contributed by atoms with Crippen molar-refractivity contribution in [2.45, 2.75) is 12.8 Å². The smallest absolute Gasteiger partial charge is 0.145 e. The van der Waals surface area contributed by atoms with Crippen molar-refractivity contribution in [3.05, 3.63) is 23.0 Å². The third-order valence-electron chi connectivity index (χ3n) is 1.69. The van der Waals surface area contributed by atoms with E-state index in [0.717, 1.165) is 6.21 Å². The normalized spacial score (nSPS) is 10.9. The van der Waals surface area contributed by atoms with E-state index < -0.39 is 0 Å². The fourth-order valence-corrected chi connectivity index (χ4v) is 1.17. The fourth-order valence-electron chi connectivity index (χ4n) is 0.961. The maximum absolute atomic E-state index is 9.52. The monoisotopic (exact) mass is 200 g/mol. The van der Waals surface area contributed by atoms with Crippen LogP contribution in [-0.2, 0) is 5.88 Å². The van der Waals surface area contributed by atoms with Crippen molar-refractivity contribution in [2.75, 3.05) is 0 Å². The van der Waals surface area contributed by atoms with Gasteiger partial charge in [0, 0.05) is 17.6 Å². The first-order valence-electron chi connectivity index (χ1n) is 3.61. The van der Waals surface area contributed by atoms with Crippen molar-refractivity contribution in [1.29, 1.82) is 0 Å². The second kappa shape index (κ2) is 4.09. The minimum Gasteiger partial charge on any atom is -0.505 e. The lowest BCUT2D eigenvalue weighted by atomic mass is 10.1. The molecule has 1 aromatic rings. The van der Waals surface area contributed by atoms with Crippen LogP contribution >= 0.6 is 11.6 Å². The summed E-state index contributed by atoms with van der Waals surface area (Å²) in [7, 11) is 0. The van der Waals surface area contributed by atoms with E-state index in [1.54, 1.807) is 13.1 Å². The van der Waals surface area contributed by atoms with E-state index in [2.05, 4.69) is 10.1 Å². The van der Waals surface area contributed by atoms with Crippen molar-refractivity contribution in [3.63, 3.8) is 0 Å². The Bertz CT molecular complexity index is 339. The van der Waals surface area contributed by atoms with E-state index in [4.69, 9.17) is 16.8 Å². The van der Waals surface area contributed by atoms with Crippen LogP contribution in [0, 0.1) is 6.92 Å². The fraction of sp³-hybridized carbons (Fsp3) is 0.250. The highest BCUT2D eigenvalue weighted by atomic mass is 35.5. The highest BCUT2D eigenvalue weighted by molar-refractivity contribution is 6.17. The SMILES string of the molecule is Cc1ncc(CCl)c(/C=N/O)c1O. The van der Waals surface area contributed by atoms with E-state index in [9.17, 15) is 5.11 Å². The van der Waals surface area contributed by atoms with Crippen molar-refractivity contribution < 1.29 is 10.3 Å². The molecule has 0 spiro atoms. The number of pyridine rings is 1. The minimum atomic E-state index is -0.00375. The number of nitrogens with zero attached hydrogens (tertiary/aromatic N) is 2. The molecular formula is C8H9ClN2O2. The summed E-state index contributed by atoms with van der Waals surface area (Å²) < 4.78 is 0. The van der Waals surface area contributed by atoms with Gasteiger partial charge in [-0.3, -0.25) is 4.98 Å². The van der Waals surface area contributed by atoms with Gasteiger partial charge in [0.25, 0.3) is 0 Å². The summed E-state index contributed by atoms with van der Waals surface area (Å²) in [6.45, 7) is 1.65. The maximum atomic E-state index is 9.52. The van der Waals surface area contributed by atoms with Crippen LogP contribution in [-0.4, -0.2) is 21.5 Å². The Morgan fingerprint density at radius 3 is 2.92 bits per heavy atom. The molecule has 0 bridgehead atoms. The van der Waals surface area contributed by atoms with Crippen LogP contribution in [0.2, 0.25) is 0 Å². The summed E-state index contributed by atoms with van der Waals surface area (Å²) >= 11 is 5.60. The minimum absolute atomic E-state index is 0.00375. The molecular weight excluding hydrogens is 192 g/mol. The van der Waals surface area contributed by atoms with Crippen LogP contribution in [0.25, 0.3) is 0 Å². The first-order valence-corrected chi connectivity index (χ1v) is 4.15. The first kappa shape index (κ1) is 9.80. The topological polar surface area (TPSA) is 65.7 Å². The molecule has 1 heterocycles. The first-order chi connectivity index (χ1) is 6.20. The lowest BCUT2D eigenvalue weighted by molar-refractivity contribution is 0.321. The molecule has 0 aliphatic rings. The number of aryl methyl sites for hydroxylation is 1. The van der Waals surface area contributed by atoms with Gasteiger partial charge in [-0.05, 0) is 12.5 Å². The van der Waals surface area contributed by atoms with Gasteiger partial charge in [0.05, 0.1) is 11.9 Å². The molecule has 2 N–H and O–H groups in total. The van der Waals surface area contributed by atoms with Crippen molar-refractivity contribution in [3.8, 4) is 5.75 Å². The lowest BCUT2D eigenvalue weighted by Crippen LogP contribution is -1.95. The molecule has 1 aromatic heterocycles. The zero-order valence-corrected chi connectivity index (χ0v) is 7.78. The molecule has 0 unspecified atom stereocenters. The quantitative estimate of drug-likeness (QED) is 0.330. The Kier molecular flexibility index (Phi) is 3.08. The van der Waals surface area contributed by atoms with Crippen LogP contribution in [0.5, 0.6) is 5.75 Å². The van der Waals surface area contributed by atoms with E-state index >= 15 is 0 Å². The highest BCUT2D eigenvalue weighted by Crippen LogP contribution is 2.22. The number of halogens is 1. The second-order valence-corrected chi connectivity index (χ2v) is 2.78. The molecule has 0 atom stereocenters. The van der Waals surface area contributed by atoms with Gasteiger partial charge in [0.15, 0.2) is 0 Å². The third kappa shape index (κ3) is 1.89. The molecule has 0 saturated carbocycles. The van der Waals surface area contributed by atoms with Gasteiger partial charge in [-0.25, -0.2) is 0 Å². The zero-order valence-electron chi connectivity index (χ0n) is 7.03. The van der Waals surface area contributed by atoms with Crippen LogP contribution < -0.4 is 0 Å². The molecule has 0 aliphatic heterocycles. The summed E-state index contributed by atoms with van der Waals surface area (Å²) in [5.41, 5.74) is 1.51. The molecule has 13 heavy (non-hydrogen) atoms. The zero-order chi connectivity index (χ0) is 9.84. The summed E-state index contributed by atoms with van der Waals surface area (Å²) in [4.78, 5) is 3.91. The molecule has 0 aliphatic carbocycles. The number of hydrogen-bond donors (Lipinski definition) is 2. The Morgan fingerprint density at radius 2 is 2.38 bits per heavy atom. The van der Waals surface area contributed by atoms with Crippen molar-refractivity contribution in [2.24, 2.45) is 5.16 Å². The maximum Gasteiger partial charge on any atom is 0.145 e. The lowest BCUT2D eigenvalue weighted by Gasteiger charge is -2.05. The largest absolute Gasteiger partial charge is 0.505 e. The Balaban J connectivity index is 3.32. The summed E-state index contributed by atoms with van der Waals surface area (Å²) in [6.07, 6.45) is 2.68. The average molecular weight is 201 g/mol. The summed E-state index contributed by atoms with van der Waals surface area (Å²) in [6, 6.07) is 0. The molecule has 0 fully saturated rings. The molecule has 1 rings (SSSR count). The van der Waals surface area contributed by atoms with Crippen molar-refractivity contribution >= 4 is 17.8 Å². The predicted molar refractivity (Wildman–Crippen MR) is 49.6 cm³/mol. The molecule has 70 valence electrons. The number of oxime groups is 1. The number of aromatic nitrogens is 1. The Hall–Kier alpha value is -1.29. The molecule has 0 amide bonds. The third-order valence-corrected chi connectivity index (χ3v) is 1.98. The van der Waals surface area contributed by atoms with Gasteiger partial charge in [0.1, 0.15) is 5.75 Å². The van der Waals surface area contributed by atoms with Gasteiger partial charge >= 0.3 is 0 Å². The van der Waals surface area contributed by atoms with Crippen LogP contribution in [0.1, 0.15) is 16.8 Å². The van der Waals surface area contributed by atoms with E-state index in [1.165, 1.54) is 0 Å². The predicted octanol–water partition coefficient (Wildman–Crippen LogP) is 1.64. The molecule has 0 radical (unpaired) electrons. The van der Waals surface area contributed by atoms with E-state index in [1.807, 2.05) is 0 Å². The average Bonchev–Trinajstić information content (AvgIpc) is 2.14. The summed E-state index contributed by atoms with van der Waals surface area (Å²) in [5.74, 6) is 0.207. The highest BCUT2D eigenvalue weighted by Gasteiger charge is 2.08. The van der Waals surface area contributed by atoms with Gasteiger partial charge in [-0.1, -0.05) is 5.16 Å². The van der Waals surface area contributed by atoms with E-state index in [0.29, 0.717) is 16.8 Å². The standard InChI is InChI=1S/C8H9ClN2O2/c1-5-8(12)7(4-11-13)6(2-9)3-10-5/h3-4,12-13H,2H2,1H3/b11-4+. The van der Waals surface area contributed by atoms with Gasteiger partial charge in [-0.2, -0.15) is 0 Å². The molecule has 0 aromatic carbocycles. The van der Waals surface area contributed by atoms with Gasteiger partial charge in [0.2, 0.25) is 0 Å². The molecule has 5 heteroatoms. The van der Waals surface area contributed by atoms with Crippen LogP contribution in [0.3, 0.4) is 0 Å². The van der Waals surface area contributed by atoms with Gasteiger partial charge < -0.3 is 10.3 Å². The van der Waals surface area contributed by atoms with Crippen molar-refractivity contribution in [1.82, 2.24) is 4.98 Å². The van der Waals surface area contributed by atoms with Gasteiger partial charge in [-0.15, -0.1) is 11.6 Å². The number of aromatic hydroxyl groups is 1. The number of hydrogen-bond acceptors (Lipinski definition) is 4. The van der Waals surface area contributed by atoms with E-state index in [-0.39, 0.29) is 11.6 Å². The summed E-state index contributed by atoms with van der Waals surface area (Å²) in [5, 5.41) is 20.7. The Morgan fingerprint density at radius 1 is 1.69 bits per heavy atom.